The quantitative estimate of drug-likeness (QED) is 0.546. The molecule has 0 heterocycles. The van der Waals surface area contributed by atoms with Crippen LogP contribution >= 0.6 is 11.6 Å². The fraction of sp³-hybridized carbons (Fsp3) is 0.900. The molecular formula is C10H18ClNO2. The molecule has 14 heavy (non-hydrogen) atoms. The monoisotopic (exact) mass is 219 g/mol. The van der Waals surface area contributed by atoms with Gasteiger partial charge in [0, 0.05) is 12.5 Å². The minimum Gasteiger partial charge on any atom is -0.372 e. The molecule has 82 valence electrons. The molecular weight excluding hydrogens is 202 g/mol. The smallest absolute Gasteiger partial charge is 0.246 e. The van der Waals surface area contributed by atoms with Crippen molar-refractivity contribution < 1.29 is 9.53 Å². The highest BCUT2D eigenvalue weighted by atomic mass is 35.5. The van der Waals surface area contributed by atoms with Crippen LogP contribution in [0.4, 0.5) is 0 Å². The lowest BCUT2D eigenvalue weighted by Gasteiger charge is -2.40. The van der Waals surface area contributed by atoms with Crippen LogP contribution in [-0.4, -0.2) is 30.5 Å². The molecule has 0 aromatic carbocycles. The number of carbonyl (C=O) groups excluding carboxylic acids is 1. The van der Waals surface area contributed by atoms with E-state index in [1.54, 1.807) is 0 Å². The van der Waals surface area contributed by atoms with E-state index in [0.29, 0.717) is 12.5 Å². The molecule has 0 aliphatic heterocycles. The zero-order valence-corrected chi connectivity index (χ0v) is 9.40. The van der Waals surface area contributed by atoms with Crippen molar-refractivity contribution in [2.75, 3.05) is 19.1 Å². The van der Waals surface area contributed by atoms with E-state index in [-0.39, 0.29) is 18.1 Å². The van der Waals surface area contributed by atoms with E-state index in [0.717, 1.165) is 25.7 Å². The molecule has 1 aliphatic carbocycles. The van der Waals surface area contributed by atoms with Crippen LogP contribution in [0.1, 0.15) is 32.6 Å². The van der Waals surface area contributed by atoms with Crippen LogP contribution in [0.25, 0.3) is 0 Å². The third-order valence-corrected chi connectivity index (χ3v) is 3.06. The van der Waals surface area contributed by atoms with Crippen molar-refractivity contribution in [2.24, 2.45) is 0 Å². The molecule has 1 rings (SSSR count). The van der Waals surface area contributed by atoms with Gasteiger partial charge in [-0.1, -0.05) is 6.92 Å². The molecule has 1 saturated carbocycles. The molecule has 0 saturated heterocycles. The first-order valence-electron chi connectivity index (χ1n) is 5.17. The van der Waals surface area contributed by atoms with Gasteiger partial charge in [-0.05, 0) is 25.7 Å². The molecule has 0 atom stereocenters. The molecule has 1 aliphatic rings. The topological polar surface area (TPSA) is 38.3 Å². The first-order chi connectivity index (χ1) is 6.72. The van der Waals surface area contributed by atoms with Crippen molar-refractivity contribution in [2.45, 2.75) is 38.1 Å². The average Bonchev–Trinajstić information content (AvgIpc) is 2.12. The van der Waals surface area contributed by atoms with Crippen molar-refractivity contribution in [1.82, 2.24) is 5.32 Å². The van der Waals surface area contributed by atoms with E-state index in [4.69, 9.17) is 16.3 Å². The molecule has 3 nitrogen and oxygen atoms in total. The van der Waals surface area contributed by atoms with Crippen molar-refractivity contribution in [3.05, 3.63) is 0 Å². The maximum atomic E-state index is 11.4. The minimum absolute atomic E-state index is 0.0428. The summed E-state index contributed by atoms with van der Waals surface area (Å²) in [7, 11) is 0. The summed E-state index contributed by atoms with van der Waals surface area (Å²) in [5.74, 6) is 0.464. The number of hydrogen-bond donors (Lipinski definition) is 1. The lowest BCUT2D eigenvalue weighted by molar-refractivity contribution is -0.128. The van der Waals surface area contributed by atoms with Crippen molar-refractivity contribution in [3.8, 4) is 0 Å². The number of alkyl halides is 1. The fourth-order valence-electron chi connectivity index (χ4n) is 1.54. The summed E-state index contributed by atoms with van der Waals surface area (Å²) in [6, 6.07) is 0. The number of amides is 1. The molecule has 0 bridgehead atoms. The second-order valence-corrected chi connectivity index (χ2v) is 4.14. The first kappa shape index (κ1) is 11.8. The van der Waals surface area contributed by atoms with Crippen molar-refractivity contribution in [3.63, 3.8) is 0 Å². The Balaban J connectivity index is 2.18. The summed E-state index contributed by atoms with van der Waals surface area (Å²) in [5.41, 5.74) is -0.131. The van der Waals surface area contributed by atoms with Gasteiger partial charge in [0.05, 0.1) is 5.54 Å². The Morgan fingerprint density at radius 1 is 1.57 bits per heavy atom. The van der Waals surface area contributed by atoms with Gasteiger partial charge in [-0.15, -0.1) is 11.6 Å². The lowest BCUT2D eigenvalue weighted by Crippen LogP contribution is -2.55. The zero-order valence-electron chi connectivity index (χ0n) is 8.64. The van der Waals surface area contributed by atoms with Crippen molar-refractivity contribution in [1.29, 1.82) is 0 Å². The summed E-state index contributed by atoms with van der Waals surface area (Å²) in [6.45, 7) is 2.82. The molecule has 1 fully saturated rings. The molecule has 1 N–H and O–H groups in total. The van der Waals surface area contributed by atoms with E-state index < -0.39 is 0 Å². The summed E-state index contributed by atoms with van der Waals surface area (Å²) >= 11 is 5.81. The number of carbonyl (C=O) groups is 1. The van der Waals surface area contributed by atoms with Crippen molar-refractivity contribution >= 4 is 17.5 Å². The van der Waals surface area contributed by atoms with Gasteiger partial charge >= 0.3 is 0 Å². The molecule has 0 aromatic heterocycles. The van der Waals surface area contributed by atoms with E-state index in [1.807, 2.05) is 6.92 Å². The first-order valence-corrected chi connectivity index (χ1v) is 5.70. The van der Waals surface area contributed by atoms with Crippen LogP contribution in [0.5, 0.6) is 0 Å². The molecule has 0 unspecified atom stereocenters. The maximum Gasteiger partial charge on any atom is 0.246 e. The Morgan fingerprint density at radius 3 is 2.71 bits per heavy atom. The number of ether oxygens (including phenoxy) is 1. The lowest BCUT2D eigenvalue weighted by atomic mass is 9.78. The van der Waals surface area contributed by atoms with Crippen LogP contribution < -0.4 is 5.32 Å². The second kappa shape index (κ2) is 5.56. The van der Waals surface area contributed by atoms with E-state index in [1.165, 1.54) is 0 Å². The van der Waals surface area contributed by atoms with Crippen LogP contribution in [-0.2, 0) is 9.53 Å². The standard InChI is InChI=1S/C10H18ClNO2/c1-2-6-14-7-9(13)12-10(8-11)4-3-5-10/h2-8H2,1H3,(H,12,13). The molecule has 4 heteroatoms. The molecule has 0 aromatic rings. The van der Waals surface area contributed by atoms with Gasteiger partial charge in [0.15, 0.2) is 0 Å². The van der Waals surface area contributed by atoms with Crippen LogP contribution in [0, 0.1) is 0 Å². The predicted octanol–water partition coefficient (Wildman–Crippen LogP) is 1.69. The average molecular weight is 220 g/mol. The molecule has 0 radical (unpaired) electrons. The maximum absolute atomic E-state index is 11.4. The Labute approximate surface area is 90.1 Å². The van der Waals surface area contributed by atoms with Gasteiger partial charge in [-0.3, -0.25) is 4.79 Å². The summed E-state index contributed by atoms with van der Waals surface area (Å²) < 4.78 is 5.15. The Morgan fingerprint density at radius 2 is 2.29 bits per heavy atom. The number of halogens is 1. The van der Waals surface area contributed by atoms with Gasteiger partial charge in [-0.25, -0.2) is 0 Å². The van der Waals surface area contributed by atoms with Gasteiger partial charge in [0.25, 0.3) is 0 Å². The molecule has 1 amide bonds. The predicted molar refractivity (Wildman–Crippen MR) is 56.6 cm³/mol. The zero-order chi connectivity index (χ0) is 10.4. The van der Waals surface area contributed by atoms with Crippen LogP contribution in [0.3, 0.4) is 0 Å². The van der Waals surface area contributed by atoms with Gasteiger partial charge in [0.1, 0.15) is 6.61 Å². The number of hydrogen-bond acceptors (Lipinski definition) is 2. The van der Waals surface area contributed by atoms with Crippen LogP contribution in [0.15, 0.2) is 0 Å². The van der Waals surface area contributed by atoms with Gasteiger partial charge in [-0.2, -0.15) is 0 Å². The summed E-state index contributed by atoms with van der Waals surface area (Å²) in [4.78, 5) is 11.4. The SMILES string of the molecule is CCCOCC(=O)NC1(CCl)CCC1. The van der Waals surface area contributed by atoms with Crippen LogP contribution in [0.2, 0.25) is 0 Å². The highest BCUT2D eigenvalue weighted by Gasteiger charge is 2.37. The normalized spacial score (nSPS) is 18.7. The Bertz CT molecular complexity index is 187. The van der Waals surface area contributed by atoms with E-state index in [2.05, 4.69) is 5.32 Å². The van der Waals surface area contributed by atoms with Gasteiger partial charge < -0.3 is 10.1 Å². The summed E-state index contributed by atoms with van der Waals surface area (Å²) in [5, 5.41) is 2.94. The Kier molecular flexibility index (Phi) is 4.69. The largest absolute Gasteiger partial charge is 0.372 e. The van der Waals surface area contributed by atoms with E-state index >= 15 is 0 Å². The molecule has 0 spiro atoms. The third kappa shape index (κ3) is 3.14. The summed E-state index contributed by atoms with van der Waals surface area (Å²) in [6.07, 6.45) is 4.09. The van der Waals surface area contributed by atoms with Gasteiger partial charge in [0.2, 0.25) is 5.91 Å². The van der Waals surface area contributed by atoms with E-state index in [9.17, 15) is 4.79 Å². The third-order valence-electron chi connectivity index (χ3n) is 2.55. The highest BCUT2D eigenvalue weighted by Crippen LogP contribution is 2.32. The minimum atomic E-state index is -0.131. The highest BCUT2D eigenvalue weighted by molar-refractivity contribution is 6.18. The Hall–Kier alpha value is -0.280. The number of nitrogens with one attached hydrogen (secondary N) is 1. The second-order valence-electron chi connectivity index (χ2n) is 3.87. The number of rotatable bonds is 6. The fourth-order valence-corrected chi connectivity index (χ4v) is 1.87.